The monoisotopic (exact) mass is 558 g/mol. The van der Waals surface area contributed by atoms with Crippen LogP contribution in [0.1, 0.15) is 39.7 Å². The molecule has 3 aromatic carbocycles. The summed E-state index contributed by atoms with van der Waals surface area (Å²) in [6, 6.07) is 21.1. The number of aromatic carboxylic acids is 1. The standard InChI is InChI=1S/C29H26N4O4S2/c1-3-19-5-4-6-21(13-19)25-15-22(10-7-18(25)2)27-23(14-20-8-11-24(12-9-20)39(30,36)37)16-33(32-27)29-31-26(17-38-29)28(34)35/h4-13,15-17H,3,14H2,1-2H3,(H,34,35)(H2,30,36,37). The number of sulfonamides is 1. The third-order valence-electron chi connectivity index (χ3n) is 6.50. The van der Waals surface area contributed by atoms with Crippen LogP contribution in [0.15, 0.2) is 83.2 Å². The first kappa shape index (κ1) is 26.5. The molecule has 0 radical (unpaired) electrons. The molecule has 198 valence electrons. The van der Waals surface area contributed by atoms with Crippen LogP contribution in [-0.2, 0) is 22.9 Å². The molecular weight excluding hydrogens is 532 g/mol. The molecule has 5 aromatic rings. The first-order chi connectivity index (χ1) is 18.6. The van der Waals surface area contributed by atoms with Crippen molar-refractivity contribution >= 4 is 27.3 Å². The van der Waals surface area contributed by atoms with Crippen LogP contribution in [-0.4, -0.2) is 34.3 Å². The van der Waals surface area contributed by atoms with E-state index in [1.54, 1.807) is 16.8 Å². The number of hydrogen-bond acceptors (Lipinski definition) is 6. The summed E-state index contributed by atoms with van der Waals surface area (Å²) >= 11 is 1.19. The van der Waals surface area contributed by atoms with E-state index in [0.29, 0.717) is 11.6 Å². The maximum Gasteiger partial charge on any atom is 0.355 e. The topological polar surface area (TPSA) is 128 Å². The molecule has 8 nitrogen and oxygen atoms in total. The van der Waals surface area contributed by atoms with E-state index in [1.807, 2.05) is 12.3 Å². The van der Waals surface area contributed by atoms with Gasteiger partial charge in [-0.3, -0.25) is 0 Å². The van der Waals surface area contributed by atoms with E-state index in [-0.39, 0.29) is 10.6 Å². The van der Waals surface area contributed by atoms with Crippen LogP contribution in [0, 0.1) is 6.92 Å². The minimum absolute atomic E-state index is 0.0411. The molecule has 0 saturated carbocycles. The third kappa shape index (κ3) is 5.68. The van der Waals surface area contributed by atoms with Crippen molar-refractivity contribution in [1.82, 2.24) is 14.8 Å². The smallest absolute Gasteiger partial charge is 0.355 e. The van der Waals surface area contributed by atoms with Crippen molar-refractivity contribution in [1.29, 1.82) is 0 Å². The van der Waals surface area contributed by atoms with Crippen LogP contribution in [0.4, 0.5) is 0 Å². The molecule has 39 heavy (non-hydrogen) atoms. The lowest BCUT2D eigenvalue weighted by molar-refractivity contribution is 0.0691. The zero-order valence-corrected chi connectivity index (χ0v) is 23.0. The van der Waals surface area contributed by atoms with E-state index < -0.39 is 16.0 Å². The lowest BCUT2D eigenvalue weighted by Gasteiger charge is -2.11. The Hall–Kier alpha value is -4.12. The number of carboxylic acid groups (broad SMARTS) is 1. The lowest BCUT2D eigenvalue weighted by atomic mass is 9.94. The number of primary sulfonamides is 1. The SMILES string of the molecule is CCc1cccc(-c2cc(-c3nn(-c4nc(C(=O)O)cs4)cc3Cc3ccc(S(N)(=O)=O)cc3)ccc2C)c1. The summed E-state index contributed by atoms with van der Waals surface area (Å²) in [7, 11) is -3.79. The number of carbonyl (C=O) groups is 1. The molecule has 0 bridgehead atoms. The Morgan fingerprint density at radius 3 is 2.46 bits per heavy atom. The number of nitrogens with zero attached hydrogens (tertiary/aromatic N) is 3. The number of rotatable bonds is 8. The Kier molecular flexibility index (Phi) is 7.17. The number of hydrogen-bond donors (Lipinski definition) is 2. The molecule has 10 heteroatoms. The Morgan fingerprint density at radius 2 is 1.79 bits per heavy atom. The molecule has 2 aromatic heterocycles. The summed E-state index contributed by atoms with van der Waals surface area (Å²) in [5, 5.41) is 21.3. The fourth-order valence-electron chi connectivity index (χ4n) is 4.40. The average Bonchev–Trinajstić information content (AvgIpc) is 3.57. The molecule has 2 heterocycles. The van der Waals surface area contributed by atoms with Gasteiger partial charge in [-0.25, -0.2) is 28.0 Å². The number of thiazole rings is 1. The Morgan fingerprint density at radius 1 is 1.03 bits per heavy atom. The summed E-state index contributed by atoms with van der Waals surface area (Å²) in [5.74, 6) is -1.10. The Bertz CT molecular complexity index is 1790. The van der Waals surface area contributed by atoms with Crippen molar-refractivity contribution in [3.63, 3.8) is 0 Å². The van der Waals surface area contributed by atoms with Gasteiger partial charge in [0.1, 0.15) is 0 Å². The van der Waals surface area contributed by atoms with Gasteiger partial charge >= 0.3 is 5.97 Å². The molecule has 3 N–H and O–H groups in total. The number of nitrogens with two attached hydrogens (primary N) is 1. The minimum Gasteiger partial charge on any atom is -0.476 e. The fraction of sp³-hybridized carbons (Fsp3) is 0.138. The fourth-order valence-corrected chi connectivity index (χ4v) is 5.64. The summed E-state index contributed by atoms with van der Waals surface area (Å²) in [4.78, 5) is 15.6. The molecule has 0 amide bonds. The lowest BCUT2D eigenvalue weighted by Crippen LogP contribution is -2.11. The quantitative estimate of drug-likeness (QED) is 0.260. The maximum absolute atomic E-state index is 11.7. The van der Waals surface area contributed by atoms with Crippen LogP contribution in [0.25, 0.3) is 27.5 Å². The first-order valence-electron chi connectivity index (χ1n) is 12.2. The first-order valence-corrected chi connectivity index (χ1v) is 14.6. The van der Waals surface area contributed by atoms with E-state index in [2.05, 4.69) is 55.2 Å². The molecule has 0 aliphatic heterocycles. The zero-order chi connectivity index (χ0) is 27.7. The highest BCUT2D eigenvalue weighted by molar-refractivity contribution is 7.89. The molecular formula is C29H26N4O4S2. The summed E-state index contributed by atoms with van der Waals surface area (Å²) < 4.78 is 25.0. The van der Waals surface area contributed by atoms with Gasteiger partial charge in [-0.05, 0) is 59.4 Å². The normalized spacial score (nSPS) is 11.6. The van der Waals surface area contributed by atoms with Crippen molar-refractivity contribution in [2.24, 2.45) is 5.14 Å². The van der Waals surface area contributed by atoms with Crippen LogP contribution in [0.3, 0.4) is 0 Å². The van der Waals surface area contributed by atoms with Crippen LogP contribution in [0.2, 0.25) is 0 Å². The molecule has 0 atom stereocenters. The van der Waals surface area contributed by atoms with Gasteiger partial charge in [-0.15, -0.1) is 11.3 Å². The van der Waals surface area contributed by atoms with Crippen LogP contribution < -0.4 is 5.14 Å². The van der Waals surface area contributed by atoms with Crippen LogP contribution >= 0.6 is 11.3 Å². The van der Waals surface area contributed by atoms with Crippen molar-refractivity contribution < 1.29 is 18.3 Å². The second kappa shape index (κ2) is 10.6. The van der Waals surface area contributed by atoms with E-state index in [4.69, 9.17) is 10.2 Å². The highest BCUT2D eigenvalue weighted by Gasteiger charge is 2.18. The predicted octanol–water partition coefficient (Wildman–Crippen LogP) is 5.47. The highest BCUT2D eigenvalue weighted by Crippen LogP contribution is 2.32. The average molecular weight is 559 g/mol. The van der Waals surface area contributed by atoms with Gasteiger partial charge in [0.25, 0.3) is 0 Å². The Labute approximate surface area is 230 Å². The van der Waals surface area contributed by atoms with E-state index >= 15 is 0 Å². The van der Waals surface area contributed by atoms with Crippen molar-refractivity contribution in [3.8, 4) is 27.5 Å². The summed E-state index contributed by atoms with van der Waals surface area (Å²) in [6.07, 6.45) is 3.24. The molecule has 0 spiro atoms. The number of benzene rings is 3. The van der Waals surface area contributed by atoms with Crippen molar-refractivity contribution in [3.05, 3.63) is 106 Å². The Balaban J connectivity index is 1.60. The molecule has 0 aliphatic rings. The molecule has 0 unspecified atom stereocenters. The van der Waals surface area contributed by atoms with Crippen LogP contribution in [0.5, 0.6) is 0 Å². The largest absolute Gasteiger partial charge is 0.476 e. The van der Waals surface area contributed by atoms with Gasteiger partial charge < -0.3 is 5.11 Å². The minimum atomic E-state index is -3.79. The summed E-state index contributed by atoms with van der Waals surface area (Å²) in [5.41, 5.74) is 7.95. The van der Waals surface area contributed by atoms with E-state index in [1.165, 1.54) is 34.4 Å². The zero-order valence-electron chi connectivity index (χ0n) is 21.3. The number of carboxylic acids is 1. The molecule has 0 aliphatic carbocycles. The molecule has 0 saturated heterocycles. The molecule has 0 fully saturated rings. The van der Waals surface area contributed by atoms with Gasteiger partial charge in [0.05, 0.1) is 10.6 Å². The van der Waals surface area contributed by atoms with Crippen molar-refractivity contribution in [2.45, 2.75) is 31.6 Å². The van der Waals surface area contributed by atoms with Crippen molar-refractivity contribution in [2.75, 3.05) is 0 Å². The predicted molar refractivity (Wildman–Crippen MR) is 152 cm³/mol. The van der Waals surface area contributed by atoms with Gasteiger partial charge in [0.15, 0.2) is 5.69 Å². The van der Waals surface area contributed by atoms with E-state index in [9.17, 15) is 18.3 Å². The van der Waals surface area contributed by atoms with E-state index in [0.717, 1.165) is 45.5 Å². The third-order valence-corrected chi connectivity index (χ3v) is 8.26. The second-order valence-electron chi connectivity index (χ2n) is 9.22. The van der Waals surface area contributed by atoms with Gasteiger partial charge in [0, 0.05) is 29.1 Å². The second-order valence-corrected chi connectivity index (χ2v) is 11.6. The van der Waals surface area contributed by atoms with Gasteiger partial charge in [0.2, 0.25) is 15.2 Å². The number of aryl methyl sites for hydroxylation is 2. The van der Waals surface area contributed by atoms with Gasteiger partial charge in [-0.2, -0.15) is 5.10 Å². The maximum atomic E-state index is 11.7. The van der Waals surface area contributed by atoms with Gasteiger partial charge in [-0.1, -0.05) is 55.5 Å². The highest BCUT2D eigenvalue weighted by atomic mass is 32.2. The summed E-state index contributed by atoms with van der Waals surface area (Å²) in [6.45, 7) is 4.21. The molecule has 5 rings (SSSR count). The number of aromatic nitrogens is 3.